The highest BCUT2D eigenvalue weighted by molar-refractivity contribution is 5.27. The minimum atomic E-state index is 0.257. The van der Waals surface area contributed by atoms with Crippen molar-refractivity contribution >= 4 is 0 Å². The molecule has 140 valence electrons. The van der Waals surface area contributed by atoms with Crippen LogP contribution in [0.5, 0.6) is 5.75 Å². The number of ether oxygens (including phenoxy) is 2. The van der Waals surface area contributed by atoms with Gasteiger partial charge >= 0.3 is 0 Å². The highest BCUT2D eigenvalue weighted by atomic mass is 16.5. The van der Waals surface area contributed by atoms with E-state index in [-0.39, 0.29) is 6.10 Å². The second kappa shape index (κ2) is 10.3. The van der Waals surface area contributed by atoms with Gasteiger partial charge in [-0.3, -0.25) is 4.90 Å². The van der Waals surface area contributed by atoms with Crippen LogP contribution < -0.4 is 10.5 Å². The molecule has 1 fully saturated rings. The van der Waals surface area contributed by atoms with Crippen molar-refractivity contribution in [2.24, 2.45) is 5.73 Å². The highest BCUT2D eigenvalue weighted by Gasteiger charge is 2.15. The maximum Gasteiger partial charge on any atom is 0.119 e. The molecule has 4 nitrogen and oxygen atoms in total. The van der Waals surface area contributed by atoms with Gasteiger partial charge in [-0.25, -0.2) is 0 Å². The minimum Gasteiger partial charge on any atom is -0.491 e. The summed E-state index contributed by atoms with van der Waals surface area (Å²) < 4.78 is 11.4. The minimum absolute atomic E-state index is 0.257. The fourth-order valence-electron chi connectivity index (χ4n) is 3.30. The summed E-state index contributed by atoms with van der Waals surface area (Å²) in [6, 6.07) is 19.0. The van der Waals surface area contributed by atoms with Gasteiger partial charge in [0.2, 0.25) is 0 Å². The summed E-state index contributed by atoms with van der Waals surface area (Å²) in [6.45, 7) is 5.03. The topological polar surface area (TPSA) is 47.7 Å². The summed E-state index contributed by atoms with van der Waals surface area (Å²) >= 11 is 0. The zero-order valence-corrected chi connectivity index (χ0v) is 15.5. The van der Waals surface area contributed by atoms with Crippen molar-refractivity contribution in [3.8, 4) is 5.75 Å². The molecule has 0 bridgehead atoms. The number of hydrogen-bond acceptors (Lipinski definition) is 4. The normalized spacial score (nSPS) is 16.9. The Hall–Kier alpha value is -1.88. The van der Waals surface area contributed by atoms with Crippen molar-refractivity contribution < 1.29 is 9.47 Å². The van der Waals surface area contributed by atoms with Crippen molar-refractivity contribution in [3.63, 3.8) is 0 Å². The first kappa shape index (κ1) is 18.9. The average Bonchev–Trinajstić information content (AvgIpc) is 3.20. The molecule has 1 atom stereocenters. The van der Waals surface area contributed by atoms with E-state index in [0.29, 0.717) is 13.2 Å². The van der Waals surface area contributed by atoms with E-state index >= 15 is 0 Å². The Morgan fingerprint density at radius 2 is 1.81 bits per heavy atom. The molecule has 1 unspecified atom stereocenters. The van der Waals surface area contributed by atoms with Gasteiger partial charge in [0.25, 0.3) is 0 Å². The van der Waals surface area contributed by atoms with Crippen molar-refractivity contribution in [1.29, 1.82) is 0 Å². The predicted molar refractivity (Wildman–Crippen MR) is 105 cm³/mol. The Balaban J connectivity index is 1.48. The van der Waals surface area contributed by atoms with Gasteiger partial charge in [-0.15, -0.1) is 0 Å². The first-order valence-corrected chi connectivity index (χ1v) is 9.63. The molecule has 1 aliphatic rings. The first-order chi connectivity index (χ1) is 12.8. The van der Waals surface area contributed by atoms with E-state index in [1.807, 2.05) is 0 Å². The SMILES string of the molecule is NCCN(CCc1ccccc1)Cc1ccc(OCC2CCCO2)cc1. The van der Waals surface area contributed by atoms with Gasteiger partial charge in [-0.1, -0.05) is 42.5 Å². The summed E-state index contributed by atoms with van der Waals surface area (Å²) in [6.07, 6.45) is 3.55. The number of hydrogen-bond donors (Lipinski definition) is 1. The van der Waals surface area contributed by atoms with Crippen molar-refractivity contribution in [2.75, 3.05) is 32.8 Å². The van der Waals surface area contributed by atoms with E-state index in [9.17, 15) is 0 Å². The third-order valence-electron chi connectivity index (χ3n) is 4.79. The van der Waals surface area contributed by atoms with Crippen LogP contribution in [0.1, 0.15) is 24.0 Å². The van der Waals surface area contributed by atoms with Gasteiger partial charge in [0.15, 0.2) is 0 Å². The fourth-order valence-corrected chi connectivity index (χ4v) is 3.30. The number of nitrogens with two attached hydrogens (primary N) is 1. The van der Waals surface area contributed by atoms with Crippen LogP contribution in [0.25, 0.3) is 0 Å². The molecule has 3 rings (SSSR count). The molecule has 0 radical (unpaired) electrons. The average molecular weight is 354 g/mol. The second-order valence-corrected chi connectivity index (χ2v) is 6.89. The molecule has 26 heavy (non-hydrogen) atoms. The van der Waals surface area contributed by atoms with Crippen LogP contribution in [0.2, 0.25) is 0 Å². The zero-order chi connectivity index (χ0) is 18.0. The summed E-state index contributed by atoms with van der Waals surface area (Å²) in [5, 5.41) is 0. The van der Waals surface area contributed by atoms with Crippen LogP contribution in [0, 0.1) is 0 Å². The Labute approximate surface area is 156 Å². The van der Waals surface area contributed by atoms with E-state index in [1.165, 1.54) is 11.1 Å². The zero-order valence-electron chi connectivity index (χ0n) is 15.5. The maximum absolute atomic E-state index is 5.84. The third kappa shape index (κ3) is 6.13. The van der Waals surface area contributed by atoms with Crippen molar-refractivity contribution in [1.82, 2.24) is 4.90 Å². The monoisotopic (exact) mass is 354 g/mol. The molecular weight excluding hydrogens is 324 g/mol. The lowest BCUT2D eigenvalue weighted by molar-refractivity contribution is 0.0679. The maximum atomic E-state index is 5.84. The molecule has 1 saturated heterocycles. The van der Waals surface area contributed by atoms with Gasteiger partial charge in [-0.2, -0.15) is 0 Å². The smallest absolute Gasteiger partial charge is 0.119 e. The molecule has 0 aliphatic carbocycles. The lowest BCUT2D eigenvalue weighted by Crippen LogP contribution is -2.31. The molecule has 0 saturated carbocycles. The van der Waals surface area contributed by atoms with Crippen molar-refractivity contribution in [3.05, 3.63) is 65.7 Å². The third-order valence-corrected chi connectivity index (χ3v) is 4.79. The van der Waals surface area contributed by atoms with Crippen LogP contribution in [0.15, 0.2) is 54.6 Å². The Kier molecular flexibility index (Phi) is 7.50. The van der Waals surface area contributed by atoms with Crippen LogP contribution >= 0.6 is 0 Å². The molecule has 0 amide bonds. The van der Waals surface area contributed by atoms with Crippen LogP contribution in [0.3, 0.4) is 0 Å². The summed E-state index contributed by atoms with van der Waals surface area (Å²) in [5.74, 6) is 0.916. The predicted octanol–water partition coefficient (Wildman–Crippen LogP) is 3.25. The molecule has 1 heterocycles. The highest BCUT2D eigenvalue weighted by Crippen LogP contribution is 2.17. The lowest BCUT2D eigenvalue weighted by Gasteiger charge is -2.22. The number of nitrogens with zero attached hydrogens (tertiary/aromatic N) is 1. The second-order valence-electron chi connectivity index (χ2n) is 6.89. The van der Waals surface area contributed by atoms with E-state index in [4.69, 9.17) is 15.2 Å². The molecule has 1 aliphatic heterocycles. The van der Waals surface area contributed by atoms with Crippen LogP contribution in [-0.4, -0.2) is 43.9 Å². The van der Waals surface area contributed by atoms with E-state index in [1.54, 1.807) is 0 Å². The number of rotatable bonds is 10. The van der Waals surface area contributed by atoms with Gasteiger partial charge in [-0.05, 0) is 42.5 Å². The van der Waals surface area contributed by atoms with Gasteiger partial charge < -0.3 is 15.2 Å². The van der Waals surface area contributed by atoms with Gasteiger partial charge in [0.1, 0.15) is 12.4 Å². The molecule has 2 N–H and O–H groups in total. The first-order valence-electron chi connectivity index (χ1n) is 9.63. The Morgan fingerprint density at radius 3 is 2.50 bits per heavy atom. The summed E-state index contributed by atoms with van der Waals surface area (Å²) in [4.78, 5) is 2.41. The largest absolute Gasteiger partial charge is 0.491 e. The molecule has 2 aromatic rings. The lowest BCUT2D eigenvalue weighted by atomic mass is 10.1. The van der Waals surface area contributed by atoms with Crippen LogP contribution in [-0.2, 0) is 17.7 Å². The van der Waals surface area contributed by atoms with Gasteiger partial charge in [0.05, 0.1) is 6.10 Å². The summed E-state index contributed by atoms with van der Waals surface area (Å²) in [5.41, 5.74) is 8.46. The van der Waals surface area contributed by atoms with Gasteiger partial charge in [0, 0.05) is 32.8 Å². The fraction of sp³-hybridized carbons (Fsp3) is 0.455. The summed E-state index contributed by atoms with van der Waals surface area (Å²) in [7, 11) is 0. The molecular formula is C22H30N2O2. The van der Waals surface area contributed by atoms with Crippen molar-refractivity contribution in [2.45, 2.75) is 31.9 Å². The molecule has 2 aromatic carbocycles. The van der Waals surface area contributed by atoms with E-state index in [2.05, 4.69) is 59.5 Å². The quantitative estimate of drug-likeness (QED) is 0.711. The molecule has 0 aromatic heterocycles. The van der Waals surface area contributed by atoms with Crippen LogP contribution in [0.4, 0.5) is 0 Å². The number of benzene rings is 2. The van der Waals surface area contributed by atoms with E-state index in [0.717, 1.165) is 51.3 Å². The van der Waals surface area contributed by atoms with E-state index < -0.39 is 0 Å². The molecule has 4 heteroatoms. The molecule has 0 spiro atoms. The Bertz CT molecular complexity index is 624. The standard InChI is InChI=1S/C22H30N2O2/c23-13-15-24(14-12-19-5-2-1-3-6-19)17-20-8-10-21(11-9-20)26-18-22-7-4-16-25-22/h1-3,5-6,8-11,22H,4,7,12-18,23H2. The Morgan fingerprint density at radius 1 is 1.00 bits per heavy atom.